The van der Waals surface area contributed by atoms with Crippen molar-refractivity contribution in [2.24, 2.45) is 11.1 Å². The van der Waals surface area contributed by atoms with Gasteiger partial charge in [-0.3, -0.25) is 5.10 Å². The van der Waals surface area contributed by atoms with Gasteiger partial charge in [0.05, 0.1) is 6.10 Å². The van der Waals surface area contributed by atoms with Crippen molar-refractivity contribution >= 4 is 5.95 Å². The van der Waals surface area contributed by atoms with Crippen LogP contribution in [0.25, 0.3) is 0 Å². The number of nitrogens with one attached hydrogen (secondary N) is 1. The van der Waals surface area contributed by atoms with Gasteiger partial charge in [-0.1, -0.05) is 13.8 Å². The van der Waals surface area contributed by atoms with Gasteiger partial charge in [0.25, 0.3) is 0 Å². The molecule has 2 atom stereocenters. The van der Waals surface area contributed by atoms with Gasteiger partial charge in [-0.25, -0.2) is 0 Å². The zero-order chi connectivity index (χ0) is 14.9. The molecule has 6 nitrogen and oxygen atoms in total. The Morgan fingerprint density at radius 2 is 2.19 bits per heavy atom. The second-order valence-electron chi connectivity index (χ2n) is 6.74. The van der Waals surface area contributed by atoms with E-state index >= 15 is 0 Å². The van der Waals surface area contributed by atoms with Crippen LogP contribution in [0.1, 0.15) is 51.3 Å². The van der Waals surface area contributed by atoms with Crippen LogP contribution in [0.4, 0.5) is 5.95 Å². The topological polar surface area (TPSA) is 80.1 Å². The van der Waals surface area contributed by atoms with Gasteiger partial charge in [0.2, 0.25) is 5.95 Å². The second kappa shape index (κ2) is 5.93. The van der Waals surface area contributed by atoms with E-state index < -0.39 is 0 Å². The molecule has 2 fully saturated rings. The molecule has 6 heteroatoms. The molecule has 2 aliphatic rings. The lowest BCUT2D eigenvalue weighted by Gasteiger charge is -2.38. The molecule has 3 N–H and O–H groups in total. The third-order valence-corrected chi connectivity index (χ3v) is 5.20. The van der Waals surface area contributed by atoms with E-state index in [2.05, 4.69) is 28.9 Å². The maximum atomic E-state index is 5.87. The first-order valence-corrected chi connectivity index (χ1v) is 8.14. The molecule has 118 valence electrons. The van der Waals surface area contributed by atoms with Gasteiger partial charge in [0.15, 0.2) is 0 Å². The summed E-state index contributed by atoms with van der Waals surface area (Å²) in [7, 11) is 0. The van der Waals surface area contributed by atoms with Crippen molar-refractivity contribution in [2.45, 2.75) is 51.6 Å². The number of H-pyrrole nitrogens is 1. The summed E-state index contributed by atoms with van der Waals surface area (Å²) in [6.07, 6.45) is 4.57. The minimum absolute atomic E-state index is 0.280. The summed E-state index contributed by atoms with van der Waals surface area (Å²) in [6.45, 7) is 8.01. The molecule has 1 aromatic rings. The highest BCUT2D eigenvalue weighted by Crippen LogP contribution is 2.33. The Morgan fingerprint density at radius 3 is 2.86 bits per heavy atom. The molecule has 0 saturated carbocycles. The molecule has 0 spiro atoms. The zero-order valence-electron chi connectivity index (χ0n) is 13.1. The van der Waals surface area contributed by atoms with E-state index in [1.807, 2.05) is 0 Å². The SMILES string of the molecule is CCC1OCCC1c1nc(N2CCC(C)(CN)CC2)n[nH]1. The van der Waals surface area contributed by atoms with Crippen molar-refractivity contribution in [3.05, 3.63) is 5.82 Å². The highest BCUT2D eigenvalue weighted by atomic mass is 16.5. The third-order valence-electron chi connectivity index (χ3n) is 5.20. The maximum absolute atomic E-state index is 5.87. The van der Waals surface area contributed by atoms with E-state index in [1.165, 1.54) is 0 Å². The molecule has 2 aliphatic heterocycles. The van der Waals surface area contributed by atoms with Crippen molar-refractivity contribution in [3.8, 4) is 0 Å². The number of nitrogens with zero attached hydrogens (tertiary/aromatic N) is 3. The van der Waals surface area contributed by atoms with E-state index in [1.54, 1.807) is 0 Å². The molecular formula is C15H27N5O. The molecule has 0 amide bonds. The van der Waals surface area contributed by atoms with Gasteiger partial charge in [0, 0.05) is 25.6 Å². The van der Waals surface area contributed by atoms with Gasteiger partial charge in [-0.2, -0.15) is 4.98 Å². The number of hydrogen-bond acceptors (Lipinski definition) is 5. The molecule has 1 aromatic heterocycles. The highest BCUT2D eigenvalue weighted by Gasteiger charge is 2.33. The summed E-state index contributed by atoms with van der Waals surface area (Å²) in [5.74, 6) is 2.20. The number of aromatic nitrogens is 3. The fourth-order valence-electron chi connectivity index (χ4n) is 3.39. The quantitative estimate of drug-likeness (QED) is 0.882. The van der Waals surface area contributed by atoms with Crippen molar-refractivity contribution in [3.63, 3.8) is 0 Å². The molecule has 2 saturated heterocycles. The first-order chi connectivity index (χ1) is 10.1. The number of anilines is 1. The lowest BCUT2D eigenvalue weighted by atomic mass is 9.81. The predicted molar refractivity (Wildman–Crippen MR) is 82.4 cm³/mol. The molecule has 3 rings (SSSR count). The molecule has 21 heavy (non-hydrogen) atoms. The van der Waals surface area contributed by atoms with Crippen molar-refractivity contribution in [1.82, 2.24) is 15.2 Å². The Hall–Kier alpha value is -1.14. The van der Waals surface area contributed by atoms with E-state index in [-0.39, 0.29) is 11.5 Å². The Balaban J connectivity index is 1.66. The average molecular weight is 293 g/mol. The lowest BCUT2D eigenvalue weighted by molar-refractivity contribution is 0.0994. The molecule has 0 aliphatic carbocycles. The summed E-state index contributed by atoms with van der Waals surface area (Å²) in [5.41, 5.74) is 6.15. The first kappa shape index (κ1) is 14.8. The van der Waals surface area contributed by atoms with E-state index in [0.717, 1.165) is 63.7 Å². The van der Waals surface area contributed by atoms with Gasteiger partial charge >= 0.3 is 0 Å². The number of ether oxygens (including phenoxy) is 1. The fraction of sp³-hybridized carbons (Fsp3) is 0.867. The van der Waals surface area contributed by atoms with Crippen molar-refractivity contribution < 1.29 is 4.74 Å². The van der Waals surface area contributed by atoms with Crippen LogP contribution in [0.5, 0.6) is 0 Å². The van der Waals surface area contributed by atoms with Crippen LogP contribution in [-0.4, -0.2) is 47.5 Å². The highest BCUT2D eigenvalue weighted by molar-refractivity contribution is 5.30. The van der Waals surface area contributed by atoms with Gasteiger partial charge in [0.1, 0.15) is 5.82 Å². The summed E-state index contributed by atoms with van der Waals surface area (Å²) in [6, 6.07) is 0. The largest absolute Gasteiger partial charge is 0.377 e. The van der Waals surface area contributed by atoms with E-state index in [0.29, 0.717) is 5.92 Å². The average Bonchev–Trinajstić information content (AvgIpc) is 3.16. The van der Waals surface area contributed by atoms with Gasteiger partial charge in [-0.15, -0.1) is 5.10 Å². The number of hydrogen-bond donors (Lipinski definition) is 2. The van der Waals surface area contributed by atoms with Crippen LogP contribution < -0.4 is 10.6 Å². The van der Waals surface area contributed by atoms with Crippen molar-refractivity contribution in [2.75, 3.05) is 31.1 Å². The monoisotopic (exact) mass is 293 g/mol. The van der Waals surface area contributed by atoms with E-state index in [4.69, 9.17) is 15.5 Å². The van der Waals surface area contributed by atoms with Crippen LogP contribution >= 0.6 is 0 Å². The third kappa shape index (κ3) is 2.92. The summed E-state index contributed by atoms with van der Waals surface area (Å²) in [5, 5.41) is 7.57. The molecular weight excluding hydrogens is 266 g/mol. The molecule has 0 bridgehead atoms. The summed E-state index contributed by atoms with van der Waals surface area (Å²) >= 11 is 0. The number of piperidine rings is 1. The molecule has 2 unspecified atom stereocenters. The minimum atomic E-state index is 0.280. The Morgan fingerprint density at radius 1 is 1.43 bits per heavy atom. The predicted octanol–water partition coefficient (Wildman–Crippen LogP) is 1.65. The van der Waals surface area contributed by atoms with E-state index in [9.17, 15) is 0 Å². The number of nitrogens with two attached hydrogens (primary N) is 1. The maximum Gasteiger partial charge on any atom is 0.244 e. The smallest absolute Gasteiger partial charge is 0.244 e. The van der Waals surface area contributed by atoms with Crippen LogP contribution in [0.3, 0.4) is 0 Å². The number of aromatic amines is 1. The van der Waals surface area contributed by atoms with Crippen molar-refractivity contribution in [1.29, 1.82) is 0 Å². The minimum Gasteiger partial charge on any atom is -0.377 e. The Labute approximate surface area is 126 Å². The van der Waals surface area contributed by atoms with Crippen LogP contribution in [-0.2, 0) is 4.74 Å². The van der Waals surface area contributed by atoms with Gasteiger partial charge < -0.3 is 15.4 Å². The molecule has 0 aromatic carbocycles. The van der Waals surface area contributed by atoms with Crippen LogP contribution in [0.15, 0.2) is 0 Å². The Kier molecular flexibility index (Phi) is 4.17. The second-order valence-corrected chi connectivity index (χ2v) is 6.74. The van der Waals surface area contributed by atoms with Gasteiger partial charge in [-0.05, 0) is 37.6 Å². The normalized spacial score (nSPS) is 29.0. The lowest BCUT2D eigenvalue weighted by Crippen LogP contribution is -2.42. The Bertz CT molecular complexity index is 466. The van der Waals surface area contributed by atoms with Crippen LogP contribution in [0, 0.1) is 5.41 Å². The van der Waals surface area contributed by atoms with Crippen LogP contribution in [0.2, 0.25) is 0 Å². The standard InChI is InChI=1S/C15H27N5O/c1-3-12-11(4-9-21-12)13-17-14(19-18-13)20-7-5-15(2,10-16)6-8-20/h11-12H,3-10,16H2,1-2H3,(H,17,18,19). The summed E-state index contributed by atoms with van der Waals surface area (Å²) in [4.78, 5) is 7.01. The first-order valence-electron chi connectivity index (χ1n) is 8.14. The fourth-order valence-corrected chi connectivity index (χ4v) is 3.39. The summed E-state index contributed by atoms with van der Waals surface area (Å²) < 4.78 is 5.75. The zero-order valence-corrected chi connectivity index (χ0v) is 13.1. The number of rotatable bonds is 4. The molecule has 3 heterocycles. The molecule has 0 radical (unpaired) electrons.